The molecule has 0 unspecified atom stereocenters. The highest BCUT2D eigenvalue weighted by Crippen LogP contribution is 2.43. The molecule has 1 aliphatic carbocycles. The van der Waals surface area contributed by atoms with Crippen LogP contribution in [0.4, 0.5) is 0 Å². The Morgan fingerprint density at radius 2 is 2.05 bits per heavy atom. The number of benzene rings is 1. The number of aromatic nitrogens is 2. The number of rotatable bonds is 3. The topological polar surface area (TPSA) is 92.0 Å². The first kappa shape index (κ1) is 11.9. The monoisotopic (exact) mass is 257 g/mol. The van der Waals surface area contributed by atoms with E-state index in [9.17, 15) is 9.90 Å². The molecule has 1 aromatic carbocycles. The number of H-pyrrole nitrogens is 1. The molecular weight excluding hydrogens is 242 g/mol. The van der Waals surface area contributed by atoms with Crippen LogP contribution in [0, 0.1) is 0 Å². The van der Waals surface area contributed by atoms with Crippen LogP contribution < -0.4 is 5.73 Å². The minimum Gasteiger partial charge on any atom is -0.481 e. The van der Waals surface area contributed by atoms with E-state index in [2.05, 4.69) is 10.2 Å². The van der Waals surface area contributed by atoms with Gasteiger partial charge in [-0.2, -0.15) is 5.10 Å². The van der Waals surface area contributed by atoms with Crippen molar-refractivity contribution in [1.82, 2.24) is 10.2 Å². The van der Waals surface area contributed by atoms with Gasteiger partial charge in [0, 0.05) is 11.6 Å². The quantitative estimate of drug-likeness (QED) is 0.777. The second kappa shape index (κ2) is 4.20. The van der Waals surface area contributed by atoms with Crippen LogP contribution in [-0.4, -0.2) is 27.3 Å². The van der Waals surface area contributed by atoms with Gasteiger partial charge in [-0.25, -0.2) is 0 Å². The minimum atomic E-state index is -0.889. The number of aliphatic carboxylic acids is 1. The molecule has 4 N–H and O–H groups in total. The number of nitrogens with one attached hydrogen (secondary N) is 1. The van der Waals surface area contributed by atoms with Gasteiger partial charge in [0.25, 0.3) is 0 Å². The van der Waals surface area contributed by atoms with E-state index in [1.54, 1.807) is 0 Å². The van der Waals surface area contributed by atoms with E-state index in [0.717, 1.165) is 11.3 Å². The van der Waals surface area contributed by atoms with Crippen LogP contribution in [0.25, 0.3) is 11.3 Å². The molecule has 1 aliphatic rings. The molecule has 19 heavy (non-hydrogen) atoms. The molecule has 0 aliphatic heterocycles. The first-order valence-corrected chi connectivity index (χ1v) is 6.22. The molecule has 0 radical (unpaired) electrons. The molecule has 5 heteroatoms. The van der Waals surface area contributed by atoms with E-state index in [1.165, 1.54) is 0 Å². The van der Waals surface area contributed by atoms with E-state index in [0.29, 0.717) is 18.5 Å². The maximum Gasteiger partial charge on any atom is 0.315 e. The number of nitrogens with zero attached hydrogens (tertiary/aromatic N) is 1. The van der Waals surface area contributed by atoms with Gasteiger partial charge in [-0.05, 0) is 18.9 Å². The summed E-state index contributed by atoms with van der Waals surface area (Å²) in [6, 6.07) is 11.4. The zero-order valence-electron chi connectivity index (χ0n) is 10.3. The Bertz CT molecular complexity index is 600. The molecule has 3 rings (SSSR count). The maximum atomic E-state index is 11.5. The predicted octanol–water partition coefficient (Wildman–Crippen LogP) is 1.52. The van der Waals surface area contributed by atoms with Crippen molar-refractivity contribution in [2.45, 2.75) is 24.3 Å². The largest absolute Gasteiger partial charge is 0.481 e. The van der Waals surface area contributed by atoms with Crippen LogP contribution in [0.15, 0.2) is 36.4 Å². The second-order valence-electron chi connectivity index (χ2n) is 5.09. The van der Waals surface area contributed by atoms with Gasteiger partial charge in [0.1, 0.15) is 5.41 Å². The molecule has 2 aromatic rings. The van der Waals surface area contributed by atoms with Crippen LogP contribution in [0.2, 0.25) is 0 Å². The van der Waals surface area contributed by atoms with Gasteiger partial charge in [-0.15, -0.1) is 0 Å². The highest BCUT2D eigenvalue weighted by Gasteiger charge is 2.51. The van der Waals surface area contributed by atoms with Crippen molar-refractivity contribution in [3.05, 3.63) is 42.1 Å². The minimum absolute atomic E-state index is 0.0421. The lowest BCUT2D eigenvalue weighted by Crippen LogP contribution is -2.54. The third-order valence-corrected chi connectivity index (χ3v) is 3.79. The Labute approximate surface area is 110 Å². The van der Waals surface area contributed by atoms with E-state index in [1.807, 2.05) is 36.4 Å². The van der Waals surface area contributed by atoms with Crippen LogP contribution in [0.1, 0.15) is 18.5 Å². The average molecular weight is 257 g/mol. The van der Waals surface area contributed by atoms with Gasteiger partial charge in [0.2, 0.25) is 0 Å². The molecular formula is C14H15N3O2. The molecule has 0 spiro atoms. The number of hydrogen-bond donors (Lipinski definition) is 3. The lowest BCUT2D eigenvalue weighted by Gasteiger charge is -2.41. The number of carboxylic acids is 1. The van der Waals surface area contributed by atoms with Gasteiger partial charge in [0.15, 0.2) is 0 Å². The molecule has 0 bridgehead atoms. The summed E-state index contributed by atoms with van der Waals surface area (Å²) < 4.78 is 0. The summed E-state index contributed by atoms with van der Waals surface area (Å²) in [6.45, 7) is 0. The first-order valence-electron chi connectivity index (χ1n) is 6.22. The summed E-state index contributed by atoms with van der Waals surface area (Å²) >= 11 is 0. The summed E-state index contributed by atoms with van der Waals surface area (Å²) in [5.41, 5.74) is 7.23. The Balaban J connectivity index is 1.95. The van der Waals surface area contributed by atoms with Crippen LogP contribution in [0.3, 0.4) is 0 Å². The van der Waals surface area contributed by atoms with Crippen LogP contribution >= 0.6 is 0 Å². The summed E-state index contributed by atoms with van der Waals surface area (Å²) in [5.74, 6) is -0.836. The standard InChI is InChI=1S/C14H15N3O2/c15-10-7-14(8-10,13(18)19)12-6-11(16-17-12)9-4-2-1-3-5-9/h1-6,10H,7-8,15H2,(H,16,17)(H,18,19). The van der Waals surface area contributed by atoms with Gasteiger partial charge >= 0.3 is 5.97 Å². The van der Waals surface area contributed by atoms with Crippen molar-refractivity contribution in [2.75, 3.05) is 0 Å². The van der Waals surface area contributed by atoms with Gasteiger partial charge in [0.05, 0.1) is 11.4 Å². The first-order chi connectivity index (χ1) is 9.12. The summed E-state index contributed by atoms with van der Waals surface area (Å²) in [4.78, 5) is 11.5. The zero-order chi connectivity index (χ0) is 13.5. The van der Waals surface area contributed by atoms with Crippen molar-refractivity contribution in [3.63, 3.8) is 0 Å². The molecule has 0 atom stereocenters. The van der Waals surface area contributed by atoms with Crippen molar-refractivity contribution in [1.29, 1.82) is 0 Å². The number of carbonyl (C=O) groups is 1. The van der Waals surface area contributed by atoms with Gasteiger partial charge < -0.3 is 10.8 Å². The molecule has 0 amide bonds. The number of carboxylic acid groups (broad SMARTS) is 1. The summed E-state index contributed by atoms with van der Waals surface area (Å²) in [6.07, 6.45) is 0.914. The fraction of sp³-hybridized carbons (Fsp3) is 0.286. The predicted molar refractivity (Wildman–Crippen MR) is 70.5 cm³/mol. The lowest BCUT2D eigenvalue weighted by molar-refractivity contribution is -0.148. The van der Waals surface area contributed by atoms with Gasteiger partial charge in [-0.3, -0.25) is 9.89 Å². The van der Waals surface area contributed by atoms with Gasteiger partial charge in [-0.1, -0.05) is 30.3 Å². The van der Waals surface area contributed by atoms with Crippen molar-refractivity contribution in [2.24, 2.45) is 5.73 Å². The second-order valence-corrected chi connectivity index (χ2v) is 5.09. The van der Waals surface area contributed by atoms with Crippen molar-refractivity contribution in [3.8, 4) is 11.3 Å². The summed E-state index contributed by atoms with van der Waals surface area (Å²) in [5, 5.41) is 16.5. The van der Waals surface area contributed by atoms with E-state index in [-0.39, 0.29) is 6.04 Å². The molecule has 0 saturated heterocycles. The Morgan fingerprint density at radius 3 is 2.63 bits per heavy atom. The highest BCUT2D eigenvalue weighted by molar-refractivity contribution is 5.83. The Hall–Kier alpha value is -2.14. The van der Waals surface area contributed by atoms with E-state index >= 15 is 0 Å². The third kappa shape index (κ3) is 1.82. The third-order valence-electron chi connectivity index (χ3n) is 3.79. The molecule has 1 saturated carbocycles. The fourth-order valence-corrected chi connectivity index (χ4v) is 2.67. The van der Waals surface area contributed by atoms with Crippen LogP contribution in [0.5, 0.6) is 0 Å². The lowest BCUT2D eigenvalue weighted by atomic mass is 9.63. The molecule has 1 aromatic heterocycles. The molecule has 5 nitrogen and oxygen atoms in total. The van der Waals surface area contributed by atoms with E-state index < -0.39 is 11.4 Å². The fourth-order valence-electron chi connectivity index (χ4n) is 2.67. The summed E-state index contributed by atoms with van der Waals surface area (Å²) in [7, 11) is 0. The van der Waals surface area contributed by atoms with E-state index in [4.69, 9.17) is 5.73 Å². The smallest absolute Gasteiger partial charge is 0.315 e. The van der Waals surface area contributed by atoms with Crippen LogP contribution in [-0.2, 0) is 10.2 Å². The molecule has 1 fully saturated rings. The van der Waals surface area contributed by atoms with Crippen molar-refractivity contribution < 1.29 is 9.90 Å². The molecule has 98 valence electrons. The SMILES string of the molecule is NC1CC(C(=O)O)(c2cc(-c3ccccc3)n[nH]2)C1. The average Bonchev–Trinajstić information content (AvgIpc) is 2.85. The normalized spacial score (nSPS) is 25.8. The number of nitrogens with two attached hydrogens (primary N) is 1. The molecule has 1 heterocycles. The Morgan fingerprint density at radius 1 is 1.37 bits per heavy atom. The zero-order valence-corrected chi connectivity index (χ0v) is 10.3. The highest BCUT2D eigenvalue weighted by atomic mass is 16.4. The number of hydrogen-bond acceptors (Lipinski definition) is 3. The van der Waals surface area contributed by atoms with Crippen molar-refractivity contribution >= 4 is 5.97 Å². The maximum absolute atomic E-state index is 11.5. The number of aromatic amines is 1. The Kier molecular flexibility index (Phi) is 2.64.